The third kappa shape index (κ3) is 5.00. The molecule has 0 saturated carbocycles. The summed E-state index contributed by atoms with van der Waals surface area (Å²) in [5, 5.41) is 1.40. The highest BCUT2D eigenvalue weighted by atomic mass is 15.1. The van der Waals surface area contributed by atoms with Gasteiger partial charge in [-0.1, -0.05) is 68.0 Å². The van der Waals surface area contributed by atoms with Gasteiger partial charge in [0.1, 0.15) is 0 Å². The summed E-state index contributed by atoms with van der Waals surface area (Å²) in [6.07, 6.45) is 9.87. The molecule has 2 nitrogen and oxygen atoms in total. The lowest BCUT2D eigenvalue weighted by molar-refractivity contribution is 0.292. The molecule has 4 rings (SSSR count). The van der Waals surface area contributed by atoms with Crippen molar-refractivity contribution in [2.75, 3.05) is 19.6 Å². The Bertz CT molecular complexity index is 936. The molecule has 1 aliphatic rings. The molecule has 0 saturated heterocycles. The number of rotatable bonds is 9. The quantitative estimate of drug-likeness (QED) is 0.378. The summed E-state index contributed by atoms with van der Waals surface area (Å²) in [4.78, 5) is 2.61. The van der Waals surface area contributed by atoms with E-state index in [2.05, 4.69) is 83.1 Å². The van der Waals surface area contributed by atoms with Crippen molar-refractivity contribution in [1.82, 2.24) is 9.47 Å². The molecule has 0 bridgehead atoms. The highest BCUT2D eigenvalue weighted by Crippen LogP contribution is 2.24. The monoisotopic (exact) mass is 386 g/mol. The second kappa shape index (κ2) is 9.93. The van der Waals surface area contributed by atoms with Crippen molar-refractivity contribution in [1.29, 1.82) is 0 Å². The highest BCUT2D eigenvalue weighted by molar-refractivity contribution is 5.81. The van der Waals surface area contributed by atoms with E-state index in [9.17, 15) is 0 Å². The third-order valence-corrected chi connectivity index (χ3v) is 6.23. The maximum atomic E-state index is 2.61. The summed E-state index contributed by atoms with van der Waals surface area (Å²) >= 11 is 0. The Labute approximate surface area is 175 Å². The number of benzene rings is 2. The van der Waals surface area contributed by atoms with E-state index in [4.69, 9.17) is 0 Å². The molecule has 2 heteroatoms. The molecule has 0 N–H and O–H groups in total. The molecule has 0 amide bonds. The molecule has 1 aliphatic heterocycles. The van der Waals surface area contributed by atoms with Crippen LogP contribution in [0.25, 0.3) is 16.5 Å². The summed E-state index contributed by atoms with van der Waals surface area (Å²) in [5.74, 6) is 0. The van der Waals surface area contributed by atoms with Crippen LogP contribution in [0.3, 0.4) is 0 Å². The van der Waals surface area contributed by atoms with E-state index in [1.165, 1.54) is 79.3 Å². The Morgan fingerprint density at radius 1 is 0.862 bits per heavy atom. The normalized spacial score (nSPS) is 15.0. The van der Waals surface area contributed by atoms with E-state index in [1.54, 1.807) is 0 Å². The zero-order valence-corrected chi connectivity index (χ0v) is 17.8. The van der Waals surface area contributed by atoms with E-state index >= 15 is 0 Å². The molecule has 0 spiro atoms. The number of nitrogens with zero attached hydrogens (tertiary/aromatic N) is 2. The first-order valence-electron chi connectivity index (χ1n) is 11.4. The fraction of sp³-hybridized carbons (Fsp3) is 0.407. The van der Waals surface area contributed by atoms with Crippen LogP contribution in [0, 0.1) is 0 Å². The number of unbranched alkanes of at least 4 members (excludes halogenated alkanes) is 2. The summed E-state index contributed by atoms with van der Waals surface area (Å²) in [6, 6.07) is 22.1. The van der Waals surface area contributed by atoms with E-state index < -0.39 is 0 Å². The molecule has 2 aromatic carbocycles. The Morgan fingerprint density at radius 3 is 2.45 bits per heavy atom. The van der Waals surface area contributed by atoms with Crippen molar-refractivity contribution in [2.45, 2.75) is 52.0 Å². The summed E-state index contributed by atoms with van der Waals surface area (Å²) in [7, 11) is 0. The van der Waals surface area contributed by atoms with Gasteiger partial charge in [-0.2, -0.15) is 0 Å². The van der Waals surface area contributed by atoms with Gasteiger partial charge in [0.2, 0.25) is 0 Å². The lowest BCUT2D eigenvalue weighted by Gasteiger charge is -2.26. The van der Waals surface area contributed by atoms with Gasteiger partial charge < -0.3 is 4.57 Å². The topological polar surface area (TPSA) is 8.17 Å². The number of hydrogen-bond donors (Lipinski definition) is 0. The molecule has 3 aromatic rings. The van der Waals surface area contributed by atoms with Crippen LogP contribution in [0.2, 0.25) is 0 Å². The number of para-hydroxylation sites is 1. The number of aryl methyl sites for hydroxylation is 2. The second-order valence-electron chi connectivity index (χ2n) is 8.30. The van der Waals surface area contributed by atoms with Gasteiger partial charge in [-0.15, -0.1) is 0 Å². The van der Waals surface area contributed by atoms with E-state index in [0.29, 0.717) is 0 Å². The maximum absolute atomic E-state index is 2.61. The third-order valence-electron chi connectivity index (χ3n) is 6.23. The van der Waals surface area contributed by atoms with Crippen LogP contribution in [-0.4, -0.2) is 29.1 Å². The molecule has 0 atom stereocenters. The van der Waals surface area contributed by atoms with Gasteiger partial charge in [-0.25, -0.2) is 0 Å². The molecule has 0 aliphatic carbocycles. The van der Waals surface area contributed by atoms with Gasteiger partial charge in [-0.3, -0.25) is 4.90 Å². The lowest BCUT2D eigenvalue weighted by Crippen LogP contribution is -2.29. The molecule has 0 unspecified atom stereocenters. The SMILES string of the molecule is CCCCc1cc2ccccc2n1CCCCN1CC=C(c2ccccc2)CC1. The van der Waals surface area contributed by atoms with Crippen LogP contribution in [0.1, 0.15) is 50.3 Å². The van der Waals surface area contributed by atoms with Gasteiger partial charge in [0, 0.05) is 30.8 Å². The number of aromatic nitrogens is 1. The predicted octanol–water partition coefficient (Wildman–Crippen LogP) is 6.55. The van der Waals surface area contributed by atoms with Crippen LogP contribution in [0.4, 0.5) is 0 Å². The number of fused-ring (bicyclic) bond motifs is 1. The highest BCUT2D eigenvalue weighted by Gasteiger charge is 2.13. The molecule has 152 valence electrons. The van der Waals surface area contributed by atoms with E-state index in [1.807, 2.05) is 0 Å². The summed E-state index contributed by atoms with van der Waals surface area (Å²) in [6.45, 7) is 6.92. The Morgan fingerprint density at radius 2 is 1.66 bits per heavy atom. The lowest BCUT2D eigenvalue weighted by atomic mass is 9.99. The Balaban J connectivity index is 1.29. The first kappa shape index (κ1) is 20.0. The molecule has 0 radical (unpaired) electrons. The van der Waals surface area contributed by atoms with Crippen molar-refractivity contribution in [3.05, 3.63) is 78.0 Å². The second-order valence-corrected chi connectivity index (χ2v) is 8.30. The predicted molar refractivity (Wildman–Crippen MR) is 125 cm³/mol. The van der Waals surface area contributed by atoms with Gasteiger partial charge in [0.25, 0.3) is 0 Å². The van der Waals surface area contributed by atoms with Crippen LogP contribution in [-0.2, 0) is 13.0 Å². The van der Waals surface area contributed by atoms with Crippen LogP contribution in [0.5, 0.6) is 0 Å². The minimum absolute atomic E-state index is 1.10. The van der Waals surface area contributed by atoms with Gasteiger partial charge >= 0.3 is 0 Å². The molecule has 1 aromatic heterocycles. The molecule has 2 heterocycles. The van der Waals surface area contributed by atoms with Crippen molar-refractivity contribution in [3.8, 4) is 0 Å². The smallest absolute Gasteiger partial charge is 0.0482 e. The zero-order valence-electron chi connectivity index (χ0n) is 17.8. The molecule has 0 fully saturated rings. The summed E-state index contributed by atoms with van der Waals surface area (Å²) < 4.78 is 2.58. The average molecular weight is 387 g/mol. The molecule has 29 heavy (non-hydrogen) atoms. The maximum Gasteiger partial charge on any atom is 0.0482 e. The van der Waals surface area contributed by atoms with Gasteiger partial charge in [0.05, 0.1) is 0 Å². The minimum Gasteiger partial charge on any atom is -0.345 e. The van der Waals surface area contributed by atoms with Gasteiger partial charge in [-0.05, 0) is 67.3 Å². The van der Waals surface area contributed by atoms with Crippen LogP contribution in [0.15, 0.2) is 66.7 Å². The van der Waals surface area contributed by atoms with Crippen molar-refractivity contribution in [3.63, 3.8) is 0 Å². The molecular weight excluding hydrogens is 352 g/mol. The van der Waals surface area contributed by atoms with E-state index in [0.717, 1.165) is 13.1 Å². The first-order chi connectivity index (χ1) is 14.3. The van der Waals surface area contributed by atoms with Crippen LogP contribution >= 0.6 is 0 Å². The minimum atomic E-state index is 1.10. The zero-order chi connectivity index (χ0) is 19.9. The van der Waals surface area contributed by atoms with Gasteiger partial charge in [0.15, 0.2) is 0 Å². The van der Waals surface area contributed by atoms with Crippen molar-refractivity contribution in [2.24, 2.45) is 0 Å². The largest absolute Gasteiger partial charge is 0.345 e. The first-order valence-corrected chi connectivity index (χ1v) is 11.4. The summed E-state index contributed by atoms with van der Waals surface area (Å²) in [5.41, 5.74) is 5.83. The van der Waals surface area contributed by atoms with Crippen LogP contribution < -0.4 is 0 Å². The Hall–Kier alpha value is -2.32. The van der Waals surface area contributed by atoms with Crippen molar-refractivity contribution < 1.29 is 0 Å². The Kier molecular flexibility index (Phi) is 6.84. The van der Waals surface area contributed by atoms with Crippen molar-refractivity contribution >= 4 is 16.5 Å². The molecular formula is C27H34N2. The van der Waals surface area contributed by atoms with E-state index in [-0.39, 0.29) is 0 Å². The fourth-order valence-electron chi connectivity index (χ4n) is 4.53. The fourth-order valence-corrected chi connectivity index (χ4v) is 4.53. The standard InChI is InChI=1S/C27H34N2/c1-2-3-14-26-22-25-13-7-8-15-27(25)29(26)19-10-9-18-28-20-16-24(17-21-28)23-11-5-4-6-12-23/h4-8,11-13,15-16,22H,2-3,9-10,14,17-21H2,1H3. The average Bonchev–Trinajstić information content (AvgIpc) is 3.14. The number of hydrogen-bond acceptors (Lipinski definition) is 1.